The van der Waals surface area contributed by atoms with Crippen LogP contribution in [0.2, 0.25) is 0 Å². The molecule has 0 atom stereocenters. The van der Waals surface area contributed by atoms with Crippen molar-refractivity contribution < 1.29 is 17.9 Å². The Kier molecular flexibility index (Phi) is 7.81. The van der Waals surface area contributed by atoms with Gasteiger partial charge in [0, 0.05) is 37.9 Å². The van der Waals surface area contributed by atoms with Crippen LogP contribution in [0.25, 0.3) is 0 Å². The molecule has 0 radical (unpaired) electrons. The van der Waals surface area contributed by atoms with Gasteiger partial charge in [0.25, 0.3) is 0 Å². The quantitative estimate of drug-likeness (QED) is 0.617. The van der Waals surface area contributed by atoms with Gasteiger partial charge in [-0.05, 0) is 56.9 Å². The molecular weight excluding hydrogens is 402 g/mol. The summed E-state index contributed by atoms with van der Waals surface area (Å²) in [6.45, 7) is 3.95. The van der Waals surface area contributed by atoms with E-state index in [1.165, 1.54) is 16.1 Å². The summed E-state index contributed by atoms with van der Waals surface area (Å²) in [4.78, 5) is 16.5. The van der Waals surface area contributed by atoms with Crippen LogP contribution in [-0.2, 0) is 14.8 Å². The van der Waals surface area contributed by atoms with Gasteiger partial charge in [-0.25, -0.2) is 8.42 Å². The Labute approximate surface area is 178 Å². The van der Waals surface area contributed by atoms with E-state index in [0.29, 0.717) is 39.1 Å². The number of rotatable bonds is 9. The highest BCUT2D eigenvalue weighted by Gasteiger charge is 2.32. The number of pyridine rings is 1. The van der Waals surface area contributed by atoms with Crippen LogP contribution in [0.15, 0.2) is 53.7 Å². The third kappa shape index (κ3) is 6.03. The molecule has 1 aromatic heterocycles. The van der Waals surface area contributed by atoms with E-state index in [-0.39, 0.29) is 16.7 Å². The molecule has 2 heterocycles. The van der Waals surface area contributed by atoms with Crippen molar-refractivity contribution in [2.75, 3.05) is 26.2 Å². The van der Waals surface area contributed by atoms with Crippen molar-refractivity contribution in [1.82, 2.24) is 14.6 Å². The lowest BCUT2D eigenvalue weighted by atomic mass is 9.97. The highest BCUT2D eigenvalue weighted by Crippen LogP contribution is 2.23. The lowest BCUT2D eigenvalue weighted by Crippen LogP contribution is -2.43. The Balaban J connectivity index is 1.33. The van der Waals surface area contributed by atoms with Gasteiger partial charge in [-0.1, -0.05) is 17.7 Å². The monoisotopic (exact) mass is 431 g/mol. The molecule has 2 aromatic rings. The predicted molar refractivity (Wildman–Crippen MR) is 115 cm³/mol. The first kappa shape index (κ1) is 22.2. The van der Waals surface area contributed by atoms with Gasteiger partial charge in [-0.3, -0.25) is 9.78 Å². The molecule has 1 N–H and O–H groups in total. The number of carbonyl (C=O) groups is 1. The molecule has 3 rings (SSSR count). The van der Waals surface area contributed by atoms with Crippen molar-refractivity contribution in [1.29, 1.82) is 0 Å². The average molecular weight is 432 g/mol. The summed E-state index contributed by atoms with van der Waals surface area (Å²) in [5, 5.41) is 2.97. The summed E-state index contributed by atoms with van der Waals surface area (Å²) < 4.78 is 32.4. The first-order valence-corrected chi connectivity index (χ1v) is 11.8. The normalized spacial score (nSPS) is 15.6. The smallest absolute Gasteiger partial charge is 0.244 e. The minimum absolute atomic E-state index is 0.00730. The molecule has 1 saturated heterocycles. The van der Waals surface area contributed by atoms with E-state index in [0.717, 1.165) is 18.6 Å². The maximum absolute atomic E-state index is 12.6. The Morgan fingerprint density at radius 1 is 1.17 bits per heavy atom. The second-order valence-electron chi connectivity index (χ2n) is 7.53. The van der Waals surface area contributed by atoms with Gasteiger partial charge in [0.05, 0.1) is 6.61 Å². The fourth-order valence-corrected chi connectivity index (χ4v) is 4.85. The van der Waals surface area contributed by atoms with E-state index >= 15 is 0 Å². The fraction of sp³-hybridized carbons (Fsp3) is 0.455. The molecule has 0 spiro atoms. The number of hydrogen-bond acceptors (Lipinski definition) is 5. The van der Waals surface area contributed by atoms with Gasteiger partial charge in [0.15, 0.2) is 0 Å². The molecule has 0 aliphatic carbocycles. The van der Waals surface area contributed by atoms with Crippen molar-refractivity contribution in [3.8, 4) is 5.75 Å². The molecule has 30 heavy (non-hydrogen) atoms. The second kappa shape index (κ2) is 10.5. The number of amides is 1. The minimum Gasteiger partial charge on any atom is -0.494 e. The fourth-order valence-electron chi connectivity index (χ4n) is 3.41. The summed E-state index contributed by atoms with van der Waals surface area (Å²) in [6.07, 6.45) is 5.66. The number of benzene rings is 1. The Morgan fingerprint density at radius 3 is 2.57 bits per heavy atom. The zero-order valence-electron chi connectivity index (χ0n) is 17.3. The van der Waals surface area contributed by atoms with E-state index in [4.69, 9.17) is 4.74 Å². The van der Waals surface area contributed by atoms with Crippen molar-refractivity contribution in [3.05, 3.63) is 54.4 Å². The van der Waals surface area contributed by atoms with Gasteiger partial charge in [0.1, 0.15) is 10.6 Å². The number of nitrogens with zero attached hydrogens (tertiary/aromatic N) is 2. The summed E-state index contributed by atoms with van der Waals surface area (Å²) in [5.74, 6) is 0.722. The van der Waals surface area contributed by atoms with Crippen molar-refractivity contribution in [2.24, 2.45) is 5.92 Å². The first-order chi connectivity index (χ1) is 14.5. The molecule has 0 unspecified atom stereocenters. The third-order valence-corrected chi connectivity index (χ3v) is 7.14. The van der Waals surface area contributed by atoms with Crippen LogP contribution in [-0.4, -0.2) is 49.9 Å². The number of aromatic nitrogens is 1. The van der Waals surface area contributed by atoms with Crippen LogP contribution < -0.4 is 10.1 Å². The first-order valence-electron chi connectivity index (χ1n) is 10.3. The van der Waals surface area contributed by atoms with E-state index in [9.17, 15) is 13.2 Å². The van der Waals surface area contributed by atoms with Gasteiger partial charge < -0.3 is 10.1 Å². The van der Waals surface area contributed by atoms with Crippen LogP contribution in [0.4, 0.5) is 0 Å². The lowest BCUT2D eigenvalue weighted by molar-refractivity contribution is -0.126. The molecule has 162 valence electrons. The Morgan fingerprint density at radius 2 is 1.90 bits per heavy atom. The lowest BCUT2D eigenvalue weighted by Gasteiger charge is -2.30. The summed E-state index contributed by atoms with van der Waals surface area (Å²) in [7, 11) is -3.54. The second-order valence-corrected chi connectivity index (χ2v) is 9.46. The van der Waals surface area contributed by atoms with Gasteiger partial charge in [-0.15, -0.1) is 0 Å². The Bertz CT molecular complexity index is 909. The predicted octanol–water partition coefficient (Wildman–Crippen LogP) is 2.77. The number of carbonyl (C=O) groups excluding carboxylic acids is 1. The number of aryl methyl sites for hydroxylation is 1. The highest BCUT2D eigenvalue weighted by molar-refractivity contribution is 7.89. The number of ether oxygens (including phenoxy) is 1. The van der Waals surface area contributed by atoms with Gasteiger partial charge >= 0.3 is 0 Å². The summed E-state index contributed by atoms with van der Waals surface area (Å²) in [5.41, 5.74) is 1.20. The van der Waals surface area contributed by atoms with Crippen LogP contribution in [0.3, 0.4) is 0 Å². The molecule has 0 saturated carbocycles. The molecule has 1 fully saturated rings. The standard InChI is InChI=1S/C22H29N3O4S/c1-18-6-8-20(9-7-18)29-16-3-2-13-24-22(26)19-10-14-25(15-11-19)30(27,28)21-5-4-12-23-17-21/h4-9,12,17,19H,2-3,10-11,13-16H2,1H3,(H,24,26). The van der Waals surface area contributed by atoms with E-state index in [1.54, 1.807) is 18.3 Å². The number of sulfonamides is 1. The van der Waals surface area contributed by atoms with Gasteiger partial charge in [-0.2, -0.15) is 4.31 Å². The maximum Gasteiger partial charge on any atom is 0.244 e. The molecule has 1 aliphatic heterocycles. The average Bonchev–Trinajstić information content (AvgIpc) is 2.78. The molecule has 8 heteroatoms. The van der Waals surface area contributed by atoms with Gasteiger partial charge in [0.2, 0.25) is 15.9 Å². The largest absolute Gasteiger partial charge is 0.494 e. The molecule has 1 aliphatic rings. The third-order valence-electron chi connectivity index (χ3n) is 5.26. The number of piperidine rings is 1. The van der Waals surface area contributed by atoms with Crippen LogP contribution in [0.5, 0.6) is 5.75 Å². The maximum atomic E-state index is 12.6. The topological polar surface area (TPSA) is 88.6 Å². The number of nitrogens with one attached hydrogen (secondary N) is 1. The molecule has 0 bridgehead atoms. The Hall–Kier alpha value is -2.45. The van der Waals surface area contributed by atoms with E-state index in [1.807, 2.05) is 31.2 Å². The summed E-state index contributed by atoms with van der Waals surface area (Å²) in [6, 6.07) is 11.1. The minimum atomic E-state index is -3.54. The SMILES string of the molecule is Cc1ccc(OCCCCNC(=O)C2CCN(S(=O)(=O)c3cccnc3)CC2)cc1. The van der Waals surface area contributed by atoms with Crippen LogP contribution in [0.1, 0.15) is 31.2 Å². The van der Waals surface area contributed by atoms with E-state index in [2.05, 4.69) is 10.3 Å². The molecule has 7 nitrogen and oxygen atoms in total. The molecule has 1 aromatic carbocycles. The summed E-state index contributed by atoms with van der Waals surface area (Å²) >= 11 is 0. The van der Waals surface area contributed by atoms with E-state index < -0.39 is 10.0 Å². The molecule has 1 amide bonds. The number of unbranched alkanes of at least 4 members (excludes halogenated alkanes) is 1. The van der Waals surface area contributed by atoms with Crippen molar-refractivity contribution in [2.45, 2.75) is 37.5 Å². The zero-order chi connectivity index (χ0) is 21.4. The highest BCUT2D eigenvalue weighted by atomic mass is 32.2. The van der Waals surface area contributed by atoms with Crippen LogP contribution >= 0.6 is 0 Å². The number of hydrogen-bond donors (Lipinski definition) is 1. The molecular formula is C22H29N3O4S. The van der Waals surface area contributed by atoms with Crippen molar-refractivity contribution in [3.63, 3.8) is 0 Å². The van der Waals surface area contributed by atoms with Crippen LogP contribution in [0, 0.1) is 12.8 Å². The van der Waals surface area contributed by atoms with Crippen molar-refractivity contribution >= 4 is 15.9 Å². The zero-order valence-corrected chi connectivity index (χ0v) is 18.1.